The van der Waals surface area contributed by atoms with Gasteiger partial charge in [-0.25, -0.2) is 0 Å². The molecule has 90 valence electrons. The van der Waals surface area contributed by atoms with Crippen molar-refractivity contribution in [3.63, 3.8) is 0 Å². The van der Waals surface area contributed by atoms with E-state index in [1.165, 1.54) is 4.88 Å². The summed E-state index contributed by atoms with van der Waals surface area (Å²) in [4.78, 5) is 1.40. The van der Waals surface area contributed by atoms with E-state index < -0.39 is 0 Å². The van der Waals surface area contributed by atoms with Crippen LogP contribution in [-0.4, -0.2) is 36.5 Å². The average molecular weight is 241 g/mol. The maximum absolute atomic E-state index is 9.67. The van der Waals surface area contributed by atoms with Crippen LogP contribution < -0.4 is 5.32 Å². The van der Waals surface area contributed by atoms with E-state index in [0.717, 1.165) is 12.8 Å². The van der Waals surface area contributed by atoms with Crippen LogP contribution >= 0.6 is 11.3 Å². The molecular weight excluding hydrogens is 222 g/mol. The quantitative estimate of drug-likeness (QED) is 0.819. The summed E-state index contributed by atoms with van der Waals surface area (Å²) in [5, 5.41) is 15.3. The van der Waals surface area contributed by atoms with E-state index >= 15 is 0 Å². The number of thiophene rings is 1. The fourth-order valence-corrected chi connectivity index (χ4v) is 2.78. The number of rotatable bonds is 5. The zero-order valence-corrected chi connectivity index (χ0v) is 10.4. The third kappa shape index (κ3) is 3.04. The van der Waals surface area contributed by atoms with Gasteiger partial charge in [-0.15, -0.1) is 11.3 Å². The summed E-state index contributed by atoms with van der Waals surface area (Å²) in [7, 11) is 0. The minimum absolute atomic E-state index is 0.102. The normalized spacial score (nSPS) is 27.1. The first-order valence-corrected chi connectivity index (χ1v) is 6.71. The SMILES string of the molecule is CCC(Cc1cccs1)NC1COCC1O. The molecule has 0 amide bonds. The van der Waals surface area contributed by atoms with Crippen molar-refractivity contribution in [1.82, 2.24) is 5.32 Å². The topological polar surface area (TPSA) is 41.5 Å². The fourth-order valence-electron chi connectivity index (χ4n) is 2.00. The van der Waals surface area contributed by atoms with Gasteiger partial charge in [0, 0.05) is 10.9 Å². The molecule has 1 aromatic rings. The van der Waals surface area contributed by atoms with Crippen molar-refractivity contribution in [3.8, 4) is 0 Å². The Kier molecular flexibility index (Phi) is 4.35. The summed E-state index contributed by atoms with van der Waals surface area (Å²) in [5.41, 5.74) is 0. The molecule has 0 spiro atoms. The highest BCUT2D eigenvalue weighted by Gasteiger charge is 2.27. The largest absolute Gasteiger partial charge is 0.389 e. The van der Waals surface area contributed by atoms with E-state index in [-0.39, 0.29) is 12.1 Å². The van der Waals surface area contributed by atoms with Gasteiger partial charge in [0.15, 0.2) is 0 Å². The molecule has 2 rings (SSSR count). The molecular formula is C12H19NO2S. The molecule has 1 saturated heterocycles. The summed E-state index contributed by atoms with van der Waals surface area (Å²) in [6.45, 7) is 3.27. The Hall–Kier alpha value is -0.420. The van der Waals surface area contributed by atoms with Crippen LogP contribution in [-0.2, 0) is 11.2 Å². The van der Waals surface area contributed by atoms with E-state index in [4.69, 9.17) is 4.74 Å². The Morgan fingerprint density at radius 2 is 2.50 bits per heavy atom. The van der Waals surface area contributed by atoms with Crippen molar-refractivity contribution in [1.29, 1.82) is 0 Å². The molecule has 0 bridgehead atoms. The number of aliphatic hydroxyl groups excluding tert-OH is 1. The lowest BCUT2D eigenvalue weighted by molar-refractivity contribution is 0.121. The number of aliphatic hydroxyl groups is 1. The minimum Gasteiger partial charge on any atom is -0.389 e. The molecule has 0 radical (unpaired) electrons. The van der Waals surface area contributed by atoms with Crippen molar-refractivity contribution < 1.29 is 9.84 Å². The first kappa shape index (κ1) is 12.0. The minimum atomic E-state index is -0.350. The number of ether oxygens (including phenoxy) is 1. The predicted octanol–water partition coefficient (Wildman–Crippen LogP) is 1.42. The summed E-state index contributed by atoms with van der Waals surface area (Å²) in [5.74, 6) is 0. The van der Waals surface area contributed by atoms with Gasteiger partial charge < -0.3 is 15.2 Å². The Morgan fingerprint density at radius 3 is 3.06 bits per heavy atom. The van der Waals surface area contributed by atoms with Gasteiger partial charge in [0.25, 0.3) is 0 Å². The lowest BCUT2D eigenvalue weighted by Crippen LogP contribution is -2.45. The van der Waals surface area contributed by atoms with Crippen LogP contribution in [0.2, 0.25) is 0 Å². The highest BCUT2D eigenvalue weighted by atomic mass is 32.1. The highest BCUT2D eigenvalue weighted by Crippen LogP contribution is 2.14. The average Bonchev–Trinajstić information content (AvgIpc) is 2.90. The van der Waals surface area contributed by atoms with Gasteiger partial charge in [-0.1, -0.05) is 13.0 Å². The Balaban J connectivity index is 1.85. The maximum Gasteiger partial charge on any atom is 0.0948 e. The number of hydrogen-bond acceptors (Lipinski definition) is 4. The zero-order valence-electron chi connectivity index (χ0n) is 9.56. The molecule has 4 heteroatoms. The number of nitrogens with one attached hydrogen (secondary N) is 1. The molecule has 0 aromatic carbocycles. The smallest absolute Gasteiger partial charge is 0.0948 e. The second kappa shape index (κ2) is 5.77. The summed E-state index contributed by atoms with van der Waals surface area (Å²) < 4.78 is 5.24. The fraction of sp³-hybridized carbons (Fsp3) is 0.667. The first-order valence-electron chi connectivity index (χ1n) is 5.84. The van der Waals surface area contributed by atoms with Crippen molar-refractivity contribution in [2.45, 2.75) is 38.0 Å². The molecule has 1 aromatic heterocycles. The molecule has 2 N–H and O–H groups in total. The van der Waals surface area contributed by atoms with E-state index in [1.54, 1.807) is 11.3 Å². The van der Waals surface area contributed by atoms with Gasteiger partial charge in [-0.3, -0.25) is 0 Å². The monoisotopic (exact) mass is 241 g/mol. The van der Waals surface area contributed by atoms with Crippen molar-refractivity contribution in [3.05, 3.63) is 22.4 Å². The van der Waals surface area contributed by atoms with Gasteiger partial charge in [-0.2, -0.15) is 0 Å². The molecule has 1 fully saturated rings. The zero-order chi connectivity index (χ0) is 11.4. The van der Waals surface area contributed by atoms with E-state index in [0.29, 0.717) is 19.3 Å². The van der Waals surface area contributed by atoms with E-state index in [2.05, 4.69) is 29.8 Å². The van der Waals surface area contributed by atoms with Gasteiger partial charge in [-0.05, 0) is 24.3 Å². The summed E-state index contributed by atoms with van der Waals surface area (Å²) in [6.07, 6.45) is 1.76. The second-order valence-corrected chi connectivity index (χ2v) is 5.30. The van der Waals surface area contributed by atoms with E-state index in [1.807, 2.05) is 0 Å². The van der Waals surface area contributed by atoms with Gasteiger partial charge in [0.05, 0.1) is 25.4 Å². The first-order chi connectivity index (χ1) is 7.79. The molecule has 3 nitrogen and oxygen atoms in total. The van der Waals surface area contributed by atoms with Crippen molar-refractivity contribution in [2.75, 3.05) is 13.2 Å². The Labute approximate surface area is 100 Å². The predicted molar refractivity (Wildman–Crippen MR) is 65.9 cm³/mol. The molecule has 3 unspecified atom stereocenters. The molecule has 16 heavy (non-hydrogen) atoms. The van der Waals surface area contributed by atoms with Crippen LogP contribution in [0.3, 0.4) is 0 Å². The highest BCUT2D eigenvalue weighted by molar-refractivity contribution is 7.09. The maximum atomic E-state index is 9.67. The Morgan fingerprint density at radius 1 is 1.62 bits per heavy atom. The van der Waals surface area contributed by atoms with Crippen LogP contribution in [0.15, 0.2) is 17.5 Å². The van der Waals surface area contributed by atoms with Gasteiger partial charge >= 0.3 is 0 Å². The van der Waals surface area contributed by atoms with Crippen LogP contribution in [0.4, 0.5) is 0 Å². The van der Waals surface area contributed by atoms with E-state index in [9.17, 15) is 5.11 Å². The van der Waals surface area contributed by atoms with Crippen LogP contribution in [0.25, 0.3) is 0 Å². The summed E-state index contributed by atoms with van der Waals surface area (Å²) in [6, 6.07) is 4.78. The molecule has 1 aliphatic heterocycles. The lowest BCUT2D eigenvalue weighted by atomic mass is 10.1. The van der Waals surface area contributed by atoms with Gasteiger partial charge in [0.1, 0.15) is 0 Å². The summed E-state index contributed by atoms with van der Waals surface area (Å²) >= 11 is 1.79. The van der Waals surface area contributed by atoms with Crippen molar-refractivity contribution in [2.24, 2.45) is 0 Å². The third-order valence-corrected chi connectivity index (χ3v) is 3.92. The van der Waals surface area contributed by atoms with Gasteiger partial charge in [0.2, 0.25) is 0 Å². The van der Waals surface area contributed by atoms with Crippen LogP contribution in [0.5, 0.6) is 0 Å². The van der Waals surface area contributed by atoms with Crippen molar-refractivity contribution >= 4 is 11.3 Å². The molecule has 1 aliphatic rings. The second-order valence-electron chi connectivity index (χ2n) is 4.27. The standard InChI is InChI=1S/C12H19NO2S/c1-2-9(6-10-4-3-5-16-10)13-11-7-15-8-12(11)14/h3-5,9,11-14H,2,6-8H2,1H3. The Bertz CT molecular complexity index is 302. The van der Waals surface area contributed by atoms with Crippen LogP contribution in [0, 0.1) is 0 Å². The third-order valence-electron chi connectivity index (χ3n) is 3.02. The molecule has 0 saturated carbocycles. The lowest BCUT2D eigenvalue weighted by Gasteiger charge is -2.22. The molecule has 3 atom stereocenters. The molecule has 0 aliphatic carbocycles. The number of hydrogen-bond donors (Lipinski definition) is 2. The van der Waals surface area contributed by atoms with Crippen LogP contribution in [0.1, 0.15) is 18.2 Å². The molecule has 2 heterocycles.